The van der Waals surface area contributed by atoms with Crippen LogP contribution < -0.4 is 10.1 Å². The van der Waals surface area contributed by atoms with E-state index in [4.69, 9.17) is 4.74 Å². The second-order valence-electron chi connectivity index (χ2n) is 5.81. The van der Waals surface area contributed by atoms with Crippen LogP contribution in [0, 0.1) is 6.92 Å². The number of aryl methyl sites for hydroxylation is 1. The molecule has 8 heteroatoms. The SMILES string of the molecule is C=C1C(Nc2ccc(Oc3ccn4ncnc4c3)c(C)c2)=NC=NN1C. The van der Waals surface area contributed by atoms with E-state index in [1.807, 2.05) is 50.5 Å². The fourth-order valence-electron chi connectivity index (χ4n) is 2.53. The standard InChI is InChI=1S/C18H17N7O/c1-12-8-14(23-18-13(2)24(3)21-11-20-18)4-5-16(12)26-15-6-7-25-17(9-15)19-10-22-25/h4-11H,2H2,1,3H3,(H,20,21,23). The number of hydrazone groups is 1. The molecule has 1 N–H and O–H groups in total. The number of aliphatic imine (C=N–C) groups is 1. The van der Waals surface area contributed by atoms with Crippen molar-refractivity contribution in [2.24, 2.45) is 10.1 Å². The summed E-state index contributed by atoms with van der Waals surface area (Å²) in [5.74, 6) is 2.13. The molecule has 0 atom stereocenters. The number of ether oxygens (including phenoxy) is 1. The van der Waals surface area contributed by atoms with Crippen molar-refractivity contribution < 1.29 is 4.74 Å². The largest absolute Gasteiger partial charge is 0.457 e. The van der Waals surface area contributed by atoms with E-state index in [1.54, 1.807) is 9.52 Å². The van der Waals surface area contributed by atoms with Crippen molar-refractivity contribution in [3.05, 3.63) is 60.7 Å². The Bertz CT molecular complexity index is 1050. The van der Waals surface area contributed by atoms with E-state index in [2.05, 4.69) is 32.1 Å². The Labute approximate surface area is 150 Å². The van der Waals surface area contributed by atoms with Crippen LogP contribution in [0.2, 0.25) is 0 Å². The molecule has 0 aliphatic carbocycles. The van der Waals surface area contributed by atoms with Crippen LogP contribution in [0.4, 0.5) is 5.69 Å². The summed E-state index contributed by atoms with van der Waals surface area (Å²) in [5, 5.41) is 13.0. The number of benzene rings is 1. The quantitative estimate of drug-likeness (QED) is 0.788. The minimum absolute atomic E-state index is 0.660. The molecular weight excluding hydrogens is 330 g/mol. The highest BCUT2D eigenvalue weighted by atomic mass is 16.5. The summed E-state index contributed by atoms with van der Waals surface area (Å²) in [4.78, 5) is 8.39. The van der Waals surface area contributed by atoms with Gasteiger partial charge in [0.05, 0.1) is 5.70 Å². The molecule has 0 radical (unpaired) electrons. The van der Waals surface area contributed by atoms with Gasteiger partial charge < -0.3 is 10.1 Å². The highest BCUT2D eigenvalue weighted by molar-refractivity contribution is 6.10. The van der Waals surface area contributed by atoms with E-state index in [0.717, 1.165) is 22.6 Å². The lowest BCUT2D eigenvalue weighted by Gasteiger charge is -2.21. The molecule has 8 nitrogen and oxygen atoms in total. The molecule has 0 saturated carbocycles. The average molecular weight is 347 g/mol. The maximum Gasteiger partial charge on any atom is 0.158 e. The first kappa shape index (κ1) is 15.8. The average Bonchev–Trinajstić information content (AvgIpc) is 3.09. The lowest BCUT2D eigenvalue weighted by Crippen LogP contribution is -2.27. The number of rotatable bonds is 3. The number of pyridine rings is 1. The van der Waals surface area contributed by atoms with Crippen molar-refractivity contribution >= 4 is 23.5 Å². The molecule has 0 bridgehead atoms. The Morgan fingerprint density at radius 2 is 2.08 bits per heavy atom. The molecule has 4 rings (SSSR count). The Balaban J connectivity index is 1.53. The van der Waals surface area contributed by atoms with Gasteiger partial charge in [-0.25, -0.2) is 14.5 Å². The number of hydrogen-bond donors (Lipinski definition) is 1. The van der Waals surface area contributed by atoms with Gasteiger partial charge in [-0.3, -0.25) is 5.01 Å². The maximum atomic E-state index is 5.98. The predicted octanol–water partition coefficient (Wildman–Crippen LogP) is 3.04. The summed E-state index contributed by atoms with van der Waals surface area (Å²) in [7, 11) is 1.82. The van der Waals surface area contributed by atoms with Crippen LogP contribution >= 0.6 is 0 Å². The molecular formula is C18H17N7O. The van der Waals surface area contributed by atoms with Crippen molar-refractivity contribution in [3.63, 3.8) is 0 Å². The summed E-state index contributed by atoms with van der Waals surface area (Å²) in [6.45, 7) is 5.96. The number of fused-ring (bicyclic) bond motifs is 1. The zero-order valence-corrected chi connectivity index (χ0v) is 14.4. The fourth-order valence-corrected chi connectivity index (χ4v) is 2.53. The molecule has 0 fully saturated rings. The molecule has 26 heavy (non-hydrogen) atoms. The number of nitrogens with one attached hydrogen (secondary N) is 1. The van der Waals surface area contributed by atoms with E-state index in [9.17, 15) is 0 Å². The van der Waals surface area contributed by atoms with Gasteiger partial charge in [0.1, 0.15) is 24.2 Å². The number of amidine groups is 1. The van der Waals surface area contributed by atoms with Gasteiger partial charge in [0, 0.05) is 25.0 Å². The zero-order valence-electron chi connectivity index (χ0n) is 14.4. The molecule has 0 unspecified atom stereocenters. The van der Waals surface area contributed by atoms with Crippen LogP contribution in [0.25, 0.3) is 5.65 Å². The second-order valence-corrected chi connectivity index (χ2v) is 5.81. The predicted molar refractivity (Wildman–Crippen MR) is 101 cm³/mol. The minimum Gasteiger partial charge on any atom is -0.457 e. The zero-order chi connectivity index (χ0) is 18.1. The lowest BCUT2D eigenvalue weighted by molar-refractivity contribution is 0.468. The molecule has 0 saturated heterocycles. The molecule has 1 aliphatic heterocycles. The van der Waals surface area contributed by atoms with Crippen molar-refractivity contribution in [2.75, 3.05) is 12.4 Å². The highest BCUT2D eigenvalue weighted by Crippen LogP contribution is 2.28. The first-order chi connectivity index (χ1) is 12.6. The molecule has 0 spiro atoms. The monoisotopic (exact) mass is 347 g/mol. The molecule has 130 valence electrons. The summed E-state index contributed by atoms with van der Waals surface area (Å²) >= 11 is 0. The lowest BCUT2D eigenvalue weighted by atomic mass is 10.2. The topological polar surface area (TPSA) is 79.4 Å². The number of likely N-dealkylation sites (N-methyl/N-ethyl adjacent to an activating group) is 1. The third kappa shape index (κ3) is 3.00. The van der Waals surface area contributed by atoms with E-state index in [0.29, 0.717) is 17.3 Å². The van der Waals surface area contributed by atoms with E-state index in [1.165, 1.54) is 12.7 Å². The van der Waals surface area contributed by atoms with Crippen molar-refractivity contribution in [3.8, 4) is 11.5 Å². The Morgan fingerprint density at radius 3 is 2.92 bits per heavy atom. The molecule has 2 aromatic heterocycles. The summed E-state index contributed by atoms with van der Waals surface area (Å²) in [6.07, 6.45) is 4.81. The highest BCUT2D eigenvalue weighted by Gasteiger charge is 2.13. The fraction of sp³-hybridized carbons (Fsp3) is 0.111. The summed E-state index contributed by atoms with van der Waals surface area (Å²) < 4.78 is 7.67. The third-order valence-electron chi connectivity index (χ3n) is 3.99. The van der Waals surface area contributed by atoms with Crippen LogP contribution in [-0.4, -0.2) is 38.8 Å². The van der Waals surface area contributed by atoms with Gasteiger partial charge >= 0.3 is 0 Å². The number of hydrogen-bond acceptors (Lipinski definition) is 7. The molecule has 3 heterocycles. The van der Waals surface area contributed by atoms with Crippen molar-refractivity contribution in [1.29, 1.82) is 0 Å². The van der Waals surface area contributed by atoms with Crippen LogP contribution in [0.5, 0.6) is 11.5 Å². The molecule has 0 amide bonds. The molecule has 1 aromatic carbocycles. The van der Waals surface area contributed by atoms with Crippen LogP contribution in [-0.2, 0) is 0 Å². The number of anilines is 1. The van der Waals surface area contributed by atoms with Gasteiger partial charge in [0.15, 0.2) is 11.5 Å². The minimum atomic E-state index is 0.660. The first-order valence-electron chi connectivity index (χ1n) is 7.98. The Hall–Kier alpha value is -3.68. The number of aromatic nitrogens is 3. The number of nitrogens with zero attached hydrogens (tertiary/aromatic N) is 6. The van der Waals surface area contributed by atoms with Gasteiger partial charge in [-0.2, -0.15) is 10.2 Å². The summed E-state index contributed by atoms with van der Waals surface area (Å²) in [5.41, 5.74) is 3.32. The van der Waals surface area contributed by atoms with Crippen LogP contribution in [0.15, 0.2) is 65.2 Å². The van der Waals surface area contributed by atoms with E-state index >= 15 is 0 Å². The maximum absolute atomic E-state index is 5.98. The van der Waals surface area contributed by atoms with Gasteiger partial charge in [0.25, 0.3) is 0 Å². The van der Waals surface area contributed by atoms with Gasteiger partial charge in [-0.15, -0.1) is 0 Å². The first-order valence-corrected chi connectivity index (χ1v) is 7.98. The smallest absolute Gasteiger partial charge is 0.158 e. The molecule has 3 aromatic rings. The van der Waals surface area contributed by atoms with Crippen molar-refractivity contribution in [2.45, 2.75) is 6.92 Å². The van der Waals surface area contributed by atoms with E-state index in [-0.39, 0.29) is 0 Å². The van der Waals surface area contributed by atoms with Crippen LogP contribution in [0.1, 0.15) is 5.56 Å². The third-order valence-corrected chi connectivity index (χ3v) is 3.99. The Kier molecular flexibility index (Phi) is 3.85. The van der Waals surface area contributed by atoms with Crippen molar-refractivity contribution in [1.82, 2.24) is 19.6 Å². The van der Waals surface area contributed by atoms with Gasteiger partial charge in [-0.05, 0) is 36.8 Å². The normalized spacial score (nSPS) is 13.8. The van der Waals surface area contributed by atoms with Gasteiger partial charge in [0.2, 0.25) is 0 Å². The van der Waals surface area contributed by atoms with Crippen LogP contribution in [0.3, 0.4) is 0 Å². The van der Waals surface area contributed by atoms with Gasteiger partial charge in [-0.1, -0.05) is 6.58 Å². The summed E-state index contributed by atoms with van der Waals surface area (Å²) in [6, 6.07) is 9.53. The Morgan fingerprint density at radius 1 is 1.19 bits per heavy atom. The molecule has 1 aliphatic rings. The second kappa shape index (κ2) is 6.32. The van der Waals surface area contributed by atoms with E-state index < -0.39 is 0 Å².